The lowest BCUT2D eigenvalue weighted by Gasteiger charge is -2.29. The molecular formula is C26H28F3N5O4. The van der Waals surface area contributed by atoms with Crippen molar-refractivity contribution in [3.05, 3.63) is 81.8 Å². The Bertz CT molecular complexity index is 1330. The Labute approximate surface area is 217 Å². The maximum absolute atomic E-state index is 13.3. The minimum absolute atomic E-state index is 0.0273. The lowest BCUT2D eigenvalue weighted by atomic mass is 10.1. The van der Waals surface area contributed by atoms with Gasteiger partial charge in [-0.05, 0) is 33.0 Å². The fraction of sp³-hybridized carbons (Fsp3) is 0.385. The predicted molar refractivity (Wildman–Crippen MR) is 132 cm³/mol. The Morgan fingerprint density at radius 1 is 1.24 bits per heavy atom. The van der Waals surface area contributed by atoms with Crippen molar-refractivity contribution < 1.29 is 27.4 Å². The average molecular weight is 532 g/mol. The number of morpholine rings is 1. The Kier molecular flexibility index (Phi) is 8.12. The third-order valence-electron chi connectivity index (χ3n) is 6.10. The van der Waals surface area contributed by atoms with Crippen molar-refractivity contribution >= 4 is 5.91 Å². The Morgan fingerprint density at radius 3 is 2.55 bits per heavy atom. The van der Waals surface area contributed by atoms with E-state index >= 15 is 0 Å². The van der Waals surface area contributed by atoms with Crippen LogP contribution >= 0.6 is 0 Å². The second kappa shape index (κ2) is 11.3. The molecule has 1 unspecified atom stereocenters. The number of rotatable bonds is 7. The molecule has 4 rings (SSSR count). The zero-order valence-electron chi connectivity index (χ0n) is 21.2. The maximum atomic E-state index is 13.3. The molecule has 1 fully saturated rings. The van der Waals surface area contributed by atoms with Crippen LogP contribution in [-0.4, -0.2) is 64.8 Å². The fourth-order valence-electron chi connectivity index (χ4n) is 3.90. The molecule has 9 nitrogen and oxygen atoms in total. The summed E-state index contributed by atoms with van der Waals surface area (Å²) in [5.41, 5.74) is 1.50. The minimum atomic E-state index is -4.66. The lowest BCUT2D eigenvalue weighted by Crippen LogP contribution is -2.43. The predicted octanol–water partition coefficient (Wildman–Crippen LogP) is 3.16. The molecule has 1 saturated heterocycles. The molecule has 3 heterocycles. The number of aromatic nitrogens is 3. The molecule has 1 aliphatic rings. The van der Waals surface area contributed by atoms with Crippen LogP contribution in [0.2, 0.25) is 0 Å². The Balaban J connectivity index is 1.59. The number of benzene rings is 1. The maximum Gasteiger partial charge on any atom is 0.451 e. The summed E-state index contributed by atoms with van der Waals surface area (Å²) in [6.07, 6.45) is -1.47. The van der Waals surface area contributed by atoms with E-state index in [2.05, 4.69) is 20.2 Å². The first-order chi connectivity index (χ1) is 18.0. The van der Waals surface area contributed by atoms with Gasteiger partial charge >= 0.3 is 6.18 Å². The highest BCUT2D eigenvalue weighted by Crippen LogP contribution is 2.26. The van der Waals surface area contributed by atoms with E-state index in [1.807, 2.05) is 26.1 Å². The topological polar surface area (TPSA) is 98.6 Å². The molecule has 1 aromatic carbocycles. The fourth-order valence-corrected chi connectivity index (χ4v) is 3.90. The standard InChI is InChI=1S/C26H28F3N5O4/c1-16-4-6-20(7-5-16)34-13-18(10-22(24(34)36)38-15-21-14-33(3)8-9-37-21)23(35)32-17(2)19-11-30-25(31-12-19)26(27,28)29/h4-7,10-13,17,21H,8-9,14-15H2,1-3H3,(H,32,35)/t17?,21-/m1/s1. The second-order valence-corrected chi connectivity index (χ2v) is 9.20. The highest BCUT2D eigenvalue weighted by molar-refractivity contribution is 5.94. The molecule has 0 spiro atoms. The van der Waals surface area contributed by atoms with Gasteiger partial charge in [0.15, 0.2) is 5.75 Å². The molecule has 2 atom stereocenters. The molecule has 202 valence electrons. The molecule has 0 aliphatic carbocycles. The Hall–Kier alpha value is -3.77. The number of hydrogen-bond acceptors (Lipinski definition) is 7. The van der Waals surface area contributed by atoms with Crippen LogP contribution in [0.1, 0.15) is 40.3 Å². The van der Waals surface area contributed by atoms with Crippen molar-refractivity contribution in [2.75, 3.05) is 33.4 Å². The van der Waals surface area contributed by atoms with Crippen molar-refractivity contribution in [1.82, 2.24) is 24.8 Å². The molecule has 0 radical (unpaired) electrons. The molecule has 0 bridgehead atoms. The number of likely N-dealkylation sites (N-methyl/N-ethyl adjacent to an activating group) is 1. The van der Waals surface area contributed by atoms with Gasteiger partial charge in [-0.1, -0.05) is 17.7 Å². The van der Waals surface area contributed by atoms with Crippen LogP contribution in [0, 0.1) is 6.92 Å². The van der Waals surface area contributed by atoms with Gasteiger partial charge in [0.25, 0.3) is 11.5 Å². The van der Waals surface area contributed by atoms with Crippen LogP contribution in [0.15, 0.2) is 53.7 Å². The number of pyridine rings is 1. The van der Waals surface area contributed by atoms with Crippen molar-refractivity contribution in [2.45, 2.75) is 32.2 Å². The average Bonchev–Trinajstić information content (AvgIpc) is 2.88. The van der Waals surface area contributed by atoms with Gasteiger partial charge in [0.05, 0.1) is 18.2 Å². The highest BCUT2D eigenvalue weighted by Gasteiger charge is 2.34. The van der Waals surface area contributed by atoms with E-state index in [4.69, 9.17) is 9.47 Å². The van der Waals surface area contributed by atoms with Crippen LogP contribution < -0.4 is 15.6 Å². The lowest BCUT2D eigenvalue weighted by molar-refractivity contribution is -0.145. The summed E-state index contributed by atoms with van der Waals surface area (Å²) in [5, 5.41) is 2.71. The van der Waals surface area contributed by atoms with Gasteiger partial charge in [0.1, 0.15) is 12.7 Å². The second-order valence-electron chi connectivity index (χ2n) is 9.20. The molecular weight excluding hydrogens is 503 g/mol. The number of nitrogens with zero attached hydrogens (tertiary/aromatic N) is 4. The van der Waals surface area contributed by atoms with Gasteiger partial charge in [-0.25, -0.2) is 9.97 Å². The van der Waals surface area contributed by atoms with Crippen molar-refractivity contribution in [2.24, 2.45) is 0 Å². The zero-order chi connectivity index (χ0) is 27.4. The summed E-state index contributed by atoms with van der Waals surface area (Å²) in [7, 11) is 1.97. The van der Waals surface area contributed by atoms with Crippen LogP contribution in [0.4, 0.5) is 13.2 Å². The summed E-state index contributed by atoms with van der Waals surface area (Å²) in [6.45, 7) is 5.62. The third-order valence-corrected chi connectivity index (χ3v) is 6.10. The summed E-state index contributed by atoms with van der Waals surface area (Å²) in [6, 6.07) is 7.83. The number of aryl methyl sites for hydroxylation is 1. The van der Waals surface area contributed by atoms with Gasteiger partial charge in [0.2, 0.25) is 5.82 Å². The Morgan fingerprint density at radius 2 is 1.92 bits per heavy atom. The van der Waals surface area contributed by atoms with Crippen LogP contribution in [0.25, 0.3) is 5.69 Å². The number of carbonyl (C=O) groups is 1. The SMILES string of the molecule is Cc1ccc(-n2cc(C(=O)NC(C)c3cnc(C(F)(F)F)nc3)cc(OC[C@H]3CN(C)CCO3)c2=O)cc1. The molecule has 12 heteroatoms. The third kappa shape index (κ3) is 6.56. The quantitative estimate of drug-likeness (QED) is 0.500. The van der Waals surface area contributed by atoms with Crippen molar-refractivity contribution in [1.29, 1.82) is 0 Å². The van der Waals surface area contributed by atoms with Gasteiger partial charge in [-0.3, -0.25) is 14.2 Å². The molecule has 2 aromatic heterocycles. The summed E-state index contributed by atoms with van der Waals surface area (Å²) in [4.78, 5) is 35.2. The number of ether oxygens (including phenoxy) is 2. The van der Waals surface area contributed by atoms with Gasteiger partial charge in [-0.15, -0.1) is 0 Å². The largest absolute Gasteiger partial charge is 0.485 e. The number of halogens is 3. The van der Waals surface area contributed by atoms with Crippen LogP contribution in [0.3, 0.4) is 0 Å². The number of amides is 1. The van der Waals surface area contributed by atoms with E-state index < -0.39 is 29.5 Å². The summed E-state index contributed by atoms with van der Waals surface area (Å²) >= 11 is 0. The smallest absolute Gasteiger partial charge is 0.451 e. The number of carbonyl (C=O) groups excluding carboxylic acids is 1. The van der Waals surface area contributed by atoms with Crippen LogP contribution in [-0.2, 0) is 10.9 Å². The zero-order valence-corrected chi connectivity index (χ0v) is 21.2. The van der Waals surface area contributed by atoms with E-state index in [1.54, 1.807) is 19.1 Å². The monoisotopic (exact) mass is 531 g/mol. The van der Waals surface area contributed by atoms with Gasteiger partial charge in [0, 0.05) is 49.0 Å². The summed E-state index contributed by atoms with van der Waals surface area (Å²) < 4.78 is 51.2. The van der Waals surface area contributed by atoms with Gasteiger partial charge < -0.3 is 19.7 Å². The van der Waals surface area contributed by atoms with E-state index in [0.717, 1.165) is 24.5 Å². The van der Waals surface area contributed by atoms with Crippen molar-refractivity contribution in [3.63, 3.8) is 0 Å². The minimum Gasteiger partial charge on any atom is -0.485 e. The molecule has 1 N–H and O–H groups in total. The highest BCUT2D eigenvalue weighted by atomic mass is 19.4. The molecule has 1 aliphatic heterocycles. The number of hydrogen-bond donors (Lipinski definition) is 1. The first-order valence-electron chi connectivity index (χ1n) is 12.0. The van der Waals surface area contributed by atoms with E-state index in [1.165, 1.54) is 16.8 Å². The van der Waals surface area contributed by atoms with Crippen LogP contribution in [0.5, 0.6) is 5.75 Å². The van der Waals surface area contributed by atoms with E-state index in [0.29, 0.717) is 18.8 Å². The van der Waals surface area contributed by atoms with Crippen molar-refractivity contribution in [3.8, 4) is 11.4 Å². The number of nitrogens with one attached hydrogen (secondary N) is 1. The molecule has 38 heavy (non-hydrogen) atoms. The van der Waals surface area contributed by atoms with E-state index in [9.17, 15) is 22.8 Å². The first kappa shape index (κ1) is 27.3. The number of alkyl halides is 3. The molecule has 0 saturated carbocycles. The van der Waals surface area contributed by atoms with E-state index in [-0.39, 0.29) is 29.6 Å². The van der Waals surface area contributed by atoms with Gasteiger partial charge in [-0.2, -0.15) is 13.2 Å². The normalized spacial score (nSPS) is 17.2. The molecule has 3 aromatic rings. The summed E-state index contributed by atoms with van der Waals surface area (Å²) in [5.74, 6) is -1.85. The first-order valence-corrected chi connectivity index (χ1v) is 12.0. The molecule has 1 amide bonds.